The van der Waals surface area contributed by atoms with E-state index in [1.807, 2.05) is 35.8 Å². The molecule has 0 atom stereocenters. The number of aryl methyl sites for hydroxylation is 1. The van der Waals surface area contributed by atoms with Gasteiger partial charge in [-0.2, -0.15) is 0 Å². The van der Waals surface area contributed by atoms with Crippen LogP contribution < -0.4 is 10.4 Å². The molecule has 2 aromatic heterocycles. The molecule has 0 fully saturated rings. The zero-order valence-corrected chi connectivity index (χ0v) is 16.7. The van der Waals surface area contributed by atoms with Gasteiger partial charge >= 0.3 is 11.7 Å². The molecule has 0 aliphatic heterocycles. The molecule has 0 spiro atoms. The molecule has 7 heteroatoms. The molecule has 150 valence electrons. The Balaban J connectivity index is 1.88. The first-order valence-corrected chi connectivity index (χ1v) is 9.64. The van der Waals surface area contributed by atoms with Gasteiger partial charge in [-0.1, -0.05) is 12.1 Å². The molecule has 1 aliphatic carbocycles. The minimum Gasteiger partial charge on any atom is -0.497 e. The molecule has 0 unspecified atom stereocenters. The van der Waals surface area contributed by atoms with Crippen molar-refractivity contribution in [1.29, 1.82) is 0 Å². The van der Waals surface area contributed by atoms with Crippen molar-refractivity contribution in [3.63, 3.8) is 0 Å². The fraction of sp³-hybridized carbons (Fsp3) is 0.318. The van der Waals surface area contributed by atoms with Gasteiger partial charge < -0.3 is 19.0 Å². The minimum absolute atomic E-state index is 0.303. The summed E-state index contributed by atoms with van der Waals surface area (Å²) in [6.07, 6.45) is 3.03. The summed E-state index contributed by atoms with van der Waals surface area (Å²) >= 11 is 0. The number of carbonyl (C=O) groups excluding carboxylic acids is 1. The Bertz CT molecular complexity index is 1130. The Kier molecular flexibility index (Phi) is 4.96. The maximum Gasteiger partial charge on any atom is 0.355 e. The molecule has 1 aliphatic rings. The van der Waals surface area contributed by atoms with E-state index in [1.54, 1.807) is 20.2 Å². The van der Waals surface area contributed by atoms with Gasteiger partial charge in [0.15, 0.2) is 0 Å². The van der Waals surface area contributed by atoms with Gasteiger partial charge in [-0.05, 0) is 55.5 Å². The van der Waals surface area contributed by atoms with Crippen LogP contribution in [-0.4, -0.2) is 34.2 Å². The third kappa shape index (κ3) is 3.33. The number of ether oxygens (including phenoxy) is 2. The summed E-state index contributed by atoms with van der Waals surface area (Å²) in [5, 5.41) is 0. The summed E-state index contributed by atoms with van der Waals surface area (Å²) in [4.78, 5) is 31.5. The maximum absolute atomic E-state index is 12.9. The summed E-state index contributed by atoms with van der Waals surface area (Å²) in [6, 6.07) is 7.75. The Morgan fingerprint density at radius 2 is 2.00 bits per heavy atom. The van der Waals surface area contributed by atoms with Crippen molar-refractivity contribution in [1.82, 2.24) is 14.5 Å². The van der Waals surface area contributed by atoms with E-state index in [1.165, 1.54) is 0 Å². The maximum atomic E-state index is 12.9. The van der Waals surface area contributed by atoms with Crippen LogP contribution in [0.5, 0.6) is 5.75 Å². The number of benzene rings is 1. The number of methoxy groups -OCH3 is 1. The fourth-order valence-corrected chi connectivity index (χ4v) is 4.01. The lowest BCUT2D eigenvalue weighted by molar-refractivity contribution is 0.0512. The molecule has 3 aromatic rings. The van der Waals surface area contributed by atoms with E-state index in [0.717, 1.165) is 39.4 Å². The first-order valence-electron chi connectivity index (χ1n) is 9.64. The highest BCUT2D eigenvalue weighted by Gasteiger charge is 2.31. The molecule has 4 rings (SSSR count). The molecule has 1 aromatic carbocycles. The lowest BCUT2D eigenvalue weighted by Crippen LogP contribution is -2.18. The molecule has 2 heterocycles. The van der Waals surface area contributed by atoms with E-state index in [4.69, 9.17) is 9.47 Å². The Morgan fingerprint density at radius 3 is 2.69 bits per heavy atom. The van der Waals surface area contributed by atoms with Gasteiger partial charge in [0.1, 0.15) is 11.4 Å². The Morgan fingerprint density at radius 1 is 1.24 bits per heavy atom. The van der Waals surface area contributed by atoms with E-state index in [9.17, 15) is 9.59 Å². The van der Waals surface area contributed by atoms with Crippen LogP contribution in [0.3, 0.4) is 0 Å². The second-order valence-corrected chi connectivity index (χ2v) is 7.03. The summed E-state index contributed by atoms with van der Waals surface area (Å²) < 4.78 is 12.6. The highest BCUT2D eigenvalue weighted by Crippen LogP contribution is 2.38. The number of nitrogens with zero attached hydrogens (tertiary/aromatic N) is 2. The standard InChI is InChI=1S/C22H23N3O4/c1-4-29-21(26)20-17-10-7-15-11-23-22(27)24-19(15)18(17)13(2)25(20)12-14-5-8-16(28-3)9-6-14/h5-6,8-9,11H,4,7,10,12H2,1-3H3,(H,23,24,27). The first-order chi connectivity index (χ1) is 14.0. The van der Waals surface area contributed by atoms with Crippen molar-refractivity contribution in [2.75, 3.05) is 13.7 Å². The quantitative estimate of drug-likeness (QED) is 0.674. The lowest BCUT2D eigenvalue weighted by Gasteiger charge is -2.16. The van der Waals surface area contributed by atoms with Crippen LogP contribution in [0, 0.1) is 6.92 Å². The Labute approximate surface area is 168 Å². The number of carbonyl (C=O) groups is 1. The lowest BCUT2D eigenvalue weighted by atomic mass is 9.90. The highest BCUT2D eigenvalue weighted by atomic mass is 16.5. The van der Waals surface area contributed by atoms with Gasteiger partial charge in [0.2, 0.25) is 0 Å². The number of fused-ring (bicyclic) bond motifs is 3. The second kappa shape index (κ2) is 7.58. The molecule has 7 nitrogen and oxygen atoms in total. The highest BCUT2D eigenvalue weighted by molar-refractivity contribution is 5.94. The molecule has 1 N–H and O–H groups in total. The van der Waals surface area contributed by atoms with Gasteiger partial charge in [0, 0.05) is 24.0 Å². The van der Waals surface area contributed by atoms with Gasteiger partial charge in [-0.3, -0.25) is 0 Å². The zero-order valence-electron chi connectivity index (χ0n) is 16.7. The van der Waals surface area contributed by atoms with Crippen LogP contribution in [0.15, 0.2) is 35.3 Å². The summed E-state index contributed by atoms with van der Waals surface area (Å²) in [5.41, 5.74) is 5.68. The number of esters is 1. The Hall–Kier alpha value is -3.35. The average molecular weight is 393 g/mol. The number of hydrogen-bond donors (Lipinski definition) is 1. The van der Waals surface area contributed by atoms with Gasteiger partial charge in [-0.15, -0.1) is 0 Å². The third-order valence-electron chi connectivity index (χ3n) is 5.38. The topological polar surface area (TPSA) is 86.2 Å². The van der Waals surface area contributed by atoms with Crippen molar-refractivity contribution >= 4 is 5.97 Å². The van der Waals surface area contributed by atoms with E-state index >= 15 is 0 Å². The van der Waals surface area contributed by atoms with Crippen molar-refractivity contribution in [3.05, 3.63) is 69.0 Å². The number of rotatable bonds is 5. The van der Waals surface area contributed by atoms with E-state index in [2.05, 4.69) is 9.97 Å². The van der Waals surface area contributed by atoms with Gasteiger partial charge in [-0.25, -0.2) is 14.6 Å². The monoisotopic (exact) mass is 393 g/mol. The minimum atomic E-state index is -0.392. The van der Waals surface area contributed by atoms with Crippen LogP contribution in [-0.2, 0) is 24.1 Å². The van der Waals surface area contributed by atoms with E-state index in [-0.39, 0.29) is 5.97 Å². The van der Waals surface area contributed by atoms with Crippen LogP contribution >= 0.6 is 0 Å². The second-order valence-electron chi connectivity index (χ2n) is 7.03. The molecule has 29 heavy (non-hydrogen) atoms. The molecule has 0 radical (unpaired) electrons. The molecule has 0 bridgehead atoms. The molecule has 0 saturated heterocycles. The smallest absolute Gasteiger partial charge is 0.355 e. The van der Waals surface area contributed by atoms with Crippen molar-refractivity contribution in [2.24, 2.45) is 0 Å². The summed E-state index contributed by atoms with van der Waals surface area (Å²) in [5.74, 6) is 0.437. The number of H-pyrrole nitrogens is 1. The normalized spacial score (nSPS) is 12.2. The van der Waals surface area contributed by atoms with E-state index < -0.39 is 5.69 Å². The van der Waals surface area contributed by atoms with Crippen molar-refractivity contribution in [2.45, 2.75) is 33.2 Å². The zero-order chi connectivity index (χ0) is 20.5. The third-order valence-corrected chi connectivity index (χ3v) is 5.38. The molecular formula is C22H23N3O4. The number of aromatic nitrogens is 3. The predicted octanol–water partition coefficient (Wildman–Crippen LogP) is 2.88. The van der Waals surface area contributed by atoms with Gasteiger partial charge in [0.25, 0.3) is 0 Å². The average Bonchev–Trinajstić information content (AvgIpc) is 3.01. The summed E-state index contributed by atoms with van der Waals surface area (Å²) in [6.45, 7) is 4.59. The number of hydrogen-bond acceptors (Lipinski definition) is 5. The fourth-order valence-electron chi connectivity index (χ4n) is 4.01. The molecule has 0 amide bonds. The molecule has 0 saturated carbocycles. The van der Waals surface area contributed by atoms with Crippen LogP contribution in [0.1, 0.15) is 39.8 Å². The van der Waals surface area contributed by atoms with Crippen LogP contribution in [0.2, 0.25) is 0 Å². The number of nitrogens with one attached hydrogen (secondary N) is 1. The molecular weight excluding hydrogens is 370 g/mol. The number of aromatic amines is 1. The van der Waals surface area contributed by atoms with E-state index in [0.29, 0.717) is 31.7 Å². The van der Waals surface area contributed by atoms with Crippen LogP contribution in [0.25, 0.3) is 11.3 Å². The SMILES string of the molecule is CCOC(=O)c1c2c(c(C)n1Cc1ccc(OC)cc1)-c1[nH]c(=O)ncc1CC2. The van der Waals surface area contributed by atoms with Crippen molar-refractivity contribution in [3.8, 4) is 17.0 Å². The summed E-state index contributed by atoms with van der Waals surface area (Å²) in [7, 11) is 1.63. The van der Waals surface area contributed by atoms with Gasteiger partial charge in [0.05, 0.1) is 19.4 Å². The van der Waals surface area contributed by atoms with Crippen LogP contribution in [0.4, 0.5) is 0 Å². The largest absolute Gasteiger partial charge is 0.497 e. The van der Waals surface area contributed by atoms with Crippen molar-refractivity contribution < 1.29 is 14.3 Å². The predicted molar refractivity (Wildman–Crippen MR) is 108 cm³/mol. The first kappa shape index (κ1) is 19.0.